The quantitative estimate of drug-likeness (QED) is 0.658. The average Bonchev–Trinajstić information content (AvgIpc) is 2.85. The van der Waals surface area contributed by atoms with Crippen molar-refractivity contribution in [1.29, 1.82) is 0 Å². The number of allylic oxidation sites excluding steroid dienone is 1. The van der Waals surface area contributed by atoms with Crippen molar-refractivity contribution < 1.29 is 4.74 Å². The predicted molar refractivity (Wildman–Crippen MR) is 53.4 cm³/mol. The fourth-order valence-electron chi connectivity index (χ4n) is 2.32. The number of ether oxygens (including phenoxy) is 1. The van der Waals surface area contributed by atoms with Gasteiger partial charge in [0, 0.05) is 6.04 Å². The van der Waals surface area contributed by atoms with E-state index in [1.54, 1.807) is 0 Å². The van der Waals surface area contributed by atoms with Crippen molar-refractivity contribution in [1.82, 2.24) is 0 Å². The number of rotatable bonds is 2. The van der Waals surface area contributed by atoms with Crippen LogP contribution in [0.3, 0.4) is 0 Å². The fourth-order valence-corrected chi connectivity index (χ4v) is 2.32. The van der Waals surface area contributed by atoms with Crippen molar-refractivity contribution >= 4 is 0 Å². The molecule has 74 valence electrons. The summed E-state index contributed by atoms with van der Waals surface area (Å²) in [6.07, 6.45) is 4.04. The Morgan fingerprint density at radius 1 is 1.46 bits per heavy atom. The predicted octanol–water partition coefficient (Wildman–Crippen LogP) is 1.70. The molecule has 2 aliphatic rings. The fraction of sp³-hybridized carbons (Fsp3) is 0.818. The van der Waals surface area contributed by atoms with E-state index in [0.717, 1.165) is 31.3 Å². The molecule has 2 fully saturated rings. The maximum Gasteiger partial charge on any atom is 0.0621 e. The first kappa shape index (κ1) is 9.22. The highest BCUT2D eigenvalue weighted by molar-refractivity contribution is 5.11. The Morgan fingerprint density at radius 2 is 2.23 bits per heavy atom. The summed E-state index contributed by atoms with van der Waals surface area (Å²) in [7, 11) is 0. The lowest BCUT2D eigenvalue weighted by Crippen LogP contribution is -2.36. The smallest absolute Gasteiger partial charge is 0.0621 e. The van der Waals surface area contributed by atoms with Crippen LogP contribution in [-0.4, -0.2) is 18.8 Å². The third-order valence-corrected chi connectivity index (χ3v) is 3.30. The second-order valence-corrected chi connectivity index (χ2v) is 4.56. The van der Waals surface area contributed by atoms with Gasteiger partial charge in [-0.2, -0.15) is 0 Å². The van der Waals surface area contributed by atoms with E-state index >= 15 is 0 Å². The van der Waals surface area contributed by atoms with Crippen LogP contribution >= 0.6 is 0 Å². The van der Waals surface area contributed by atoms with E-state index in [0.29, 0.717) is 6.10 Å². The third kappa shape index (κ3) is 1.94. The molecule has 0 spiro atoms. The summed E-state index contributed by atoms with van der Waals surface area (Å²) in [5, 5.41) is 0. The molecule has 4 atom stereocenters. The standard InChI is InChI=1S/C11H19NO/c1-7(2)9-5-10(9)11-4-3-8(12)6-13-11/h8-11H,1,3-6,12H2,2H3. The zero-order valence-electron chi connectivity index (χ0n) is 8.33. The van der Waals surface area contributed by atoms with Crippen LogP contribution < -0.4 is 5.73 Å². The highest BCUT2D eigenvalue weighted by atomic mass is 16.5. The summed E-state index contributed by atoms with van der Waals surface area (Å²) in [5.74, 6) is 1.49. The highest BCUT2D eigenvalue weighted by Crippen LogP contribution is 2.48. The second kappa shape index (κ2) is 3.43. The number of nitrogens with two attached hydrogens (primary N) is 1. The molecule has 1 heterocycles. The Balaban J connectivity index is 1.81. The van der Waals surface area contributed by atoms with Crippen LogP contribution in [-0.2, 0) is 4.74 Å². The van der Waals surface area contributed by atoms with Crippen LogP contribution in [0.1, 0.15) is 26.2 Å². The molecule has 0 amide bonds. The van der Waals surface area contributed by atoms with E-state index in [9.17, 15) is 0 Å². The average molecular weight is 181 g/mol. The first-order valence-electron chi connectivity index (χ1n) is 5.21. The molecular formula is C11H19NO. The molecule has 2 N–H and O–H groups in total. The number of hydrogen-bond acceptors (Lipinski definition) is 2. The maximum absolute atomic E-state index is 5.77. The van der Waals surface area contributed by atoms with E-state index in [-0.39, 0.29) is 6.04 Å². The lowest BCUT2D eigenvalue weighted by Gasteiger charge is -2.27. The van der Waals surface area contributed by atoms with Gasteiger partial charge in [0.2, 0.25) is 0 Å². The van der Waals surface area contributed by atoms with Crippen molar-refractivity contribution in [3.8, 4) is 0 Å². The van der Waals surface area contributed by atoms with Gasteiger partial charge in [0.05, 0.1) is 12.7 Å². The Hall–Kier alpha value is -0.340. The largest absolute Gasteiger partial charge is 0.376 e. The summed E-state index contributed by atoms with van der Waals surface area (Å²) < 4.78 is 5.73. The van der Waals surface area contributed by atoms with E-state index in [2.05, 4.69) is 13.5 Å². The van der Waals surface area contributed by atoms with Gasteiger partial charge in [-0.05, 0) is 38.0 Å². The summed E-state index contributed by atoms with van der Waals surface area (Å²) in [6.45, 7) is 6.88. The molecule has 0 aromatic rings. The zero-order valence-corrected chi connectivity index (χ0v) is 8.33. The molecule has 1 saturated heterocycles. The van der Waals surface area contributed by atoms with Crippen LogP contribution in [0.4, 0.5) is 0 Å². The van der Waals surface area contributed by atoms with E-state index in [1.807, 2.05) is 0 Å². The molecule has 0 aromatic heterocycles. The Labute approximate surface area is 80.1 Å². The Kier molecular flexibility index (Phi) is 2.43. The van der Waals surface area contributed by atoms with Crippen molar-refractivity contribution in [2.24, 2.45) is 17.6 Å². The lowest BCUT2D eigenvalue weighted by atomic mass is 10.0. The van der Waals surface area contributed by atoms with Gasteiger partial charge < -0.3 is 10.5 Å². The molecule has 2 rings (SSSR count). The third-order valence-electron chi connectivity index (χ3n) is 3.30. The van der Waals surface area contributed by atoms with Crippen LogP contribution in [0, 0.1) is 11.8 Å². The van der Waals surface area contributed by atoms with Gasteiger partial charge in [-0.1, -0.05) is 12.2 Å². The van der Waals surface area contributed by atoms with Gasteiger partial charge in [0.25, 0.3) is 0 Å². The topological polar surface area (TPSA) is 35.2 Å². The SMILES string of the molecule is C=C(C)C1CC1C1CCC(N)CO1. The molecule has 2 nitrogen and oxygen atoms in total. The van der Waals surface area contributed by atoms with Crippen LogP contribution in [0.2, 0.25) is 0 Å². The molecule has 0 bridgehead atoms. The van der Waals surface area contributed by atoms with Crippen LogP contribution in [0.25, 0.3) is 0 Å². The summed E-state index contributed by atoms with van der Waals surface area (Å²) >= 11 is 0. The van der Waals surface area contributed by atoms with E-state index in [1.165, 1.54) is 12.0 Å². The summed E-state index contributed by atoms with van der Waals surface area (Å²) in [4.78, 5) is 0. The van der Waals surface area contributed by atoms with Crippen LogP contribution in [0.15, 0.2) is 12.2 Å². The molecular weight excluding hydrogens is 162 g/mol. The van der Waals surface area contributed by atoms with E-state index < -0.39 is 0 Å². The van der Waals surface area contributed by atoms with E-state index in [4.69, 9.17) is 10.5 Å². The van der Waals surface area contributed by atoms with Gasteiger partial charge in [-0.25, -0.2) is 0 Å². The molecule has 1 aliphatic heterocycles. The highest BCUT2D eigenvalue weighted by Gasteiger charge is 2.44. The molecule has 4 unspecified atom stereocenters. The van der Waals surface area contributed by atoms with Gasteiger partial charge in [-0.3, -0.25) is 0 Å². The van der Waals surface area contributed by atoms with Crippen LogP contribution in [0.5, 0.6) is 0 Å². The molecule has 1 aliphatic carbocycles. The molecule has 0 aromatic carbocycles. The zero-order chi connectivity index (χ0) is 9.42. The second-order valence-electron chi connectivity index (χ2n) is 4.56. The molecule has 1 saturated carbocycles. The molecule has 2 heteroatoms. The molecule has 0 radical (unpaired) electrons. The van der Waals surface area contributed by atoms with Crippen molar-refractivity contribution in [3.05, 3.63) is 12.2 Å². The van der Waals surface area contributed by atoms with Gasteiger partial charge in [0.15, 0.2) is 0 Å². The summed E-state index contributed by atoms with van der Waals surface area (Å²) in [6, 6.07) is 0.276. The van der Waals surface area contributed by atoms with Gasteiger partial charge >= 0.3 is 0 Å². The minimum atomic E-state index is 0.276. The van der Waals surface area contributed by atoms with Crippen molar-refractivity contribution in [2.45, 2.75) is 38.3 Å². The minimum absolute atomic E-state index is 0.276. The Morgan fingerprint density at radius 3 is 2.69 bits per heavy atom. The van der Waals surface area contributed by atoms with Crippen molar-refractivity contribution in [2.75, 3.05) is 6.61 Å². The van der Waals surface area contributed by atoms with Crippen molar-refractivity contribution in [3.63, 3.8) is 0 Å². The molecule has 13 heavy (non-hydrogen) atoms. The number of hydrogen-bond donors (Lipinski definition) is 1. The van der Waals surface area contributed by atoms with Gasteiger partial charge in [-0.15, -0.1) is 0 Å². The van der Waals surface area contributed by atoms with Gasteiger partial charge in [0.1, 0.15) is 0 Å². The maximum atomic E-state index is 5.77. The first-order valence-corrected chi connectivity index (χ1v) is 5.21. The minimum Gasteiger partial charge on any atom is -0.376 e. The summed E-state index contributed by atoms with van der Waals surface area (Å²) in [5.41, 5.74) is 7.09. The lowest BCUT2D eigenvalue weighted by molar-refractivity contribution is -0.00952. The normalized spacial score (nSPS) is 44.5. The Bertz CT molecular complexity index is 206. The monoisotopic (exact) mass is 181 g/mol. The first-order chi connectivity index (χ1) is 6.18.